The molecule has 2 aromatic heterocycles. The molecule has 1 N–H and O–H groups in total. The molecule has 2 aromatic rings. The van der Waals surface area contributed by atoms with E-state index in [1.165, 1.54) is 10.6 Å². The summed E-state index contributed by atoms with van der Waals surface area (Å²) in [7, 11) is 0. The maximum atomic E-state index is 12.5. The van der Waals surface area contributed by atoms with Gasteiger partial charge in [0.1, 0.15) is 11.3 Å². The predicted octanol–water partition coefficient (Wildman–Crippen LogP) is 3.03. The zero-order chi connectivity index (χ0) is 15.8. The molecule has 0 atom stereocenters. The molecule has 0 saturated carbocycles. The molecule has 1 amide bonds. The zero-order valence-electron chi connectivity index (χ0n) is 12.5. The van der Waals surface area contributed by atoms with Crippen LogP contribution in [0.1, 0.15) is 32.9 Å². The van der Waals surface area contributed by atoms with Gasteiger partial charge in [-0.05, 0) is 24.5 Å². The topological polar surface area (TPSA) is 63.5 Å². The SMILES string of the molecule is Cc1nc2ccc(Cl)cn2c(=O)c1NC(=O)CC(C)(C)C. The van der Waals surface area contributed by atoms with Gasteiger partial charge < -0.3 is 5.32 Å². The number of carbonyl (C=O) groups is 1. The largest absolute Gasteiger partial charge is 0.320 e. The van der Waals surface area contributed by atoms with E-state index in [-0.39, 0.29) is 22.6 Å². The summed E-state index contributed by atoms with van der Waals surface area (Å²) < 4.78 is 1.34. The number of nitrogens with one attached hydrogen (secondary N) is 1. The highest BCUT2D eigenvalue weighted by Crippen LogP contribution is 2.19. The van der Waals surface area contributed by atoms with Crippen molar-refractivity contribution in [2.45, 2.75) is 34.1 Å². The maximum Gasteiger partial charge on any atom is 0.281 e. The van der Waals surface area contributed by atoms with Crippen LogP contribution in [0.3, 0.4) is 0 Å². The second kappa shape index (κ2) is 5.48. The van der Waals surface area contributed by atoms with Crippen LogP contribution < -0.4 is 10.9 Å². The maximum absolute atomic E-state index is 12.5. The Kier molecular flexibility index (Phi) is 4.05. The number of rotatable bonds is 2. The van der Waals surface area contributed by atoms with Crippen LogP contribution in [0, 0.1) is 12.3 Å². The third-order valence-electron chi connectivity index (χ3n) is 2.92. The smallest absolute Gasteiger partial charge is 0.281 e. The molecule has 112 valence electrons. The summed E-state index contributed by atoms with van der Waals surface area (Å²) in [6, 6.07) is 3.33. The number of hydrogen-bond acceptors (Lipinski definition) is 3. The van der Waals surface area contributed by atoms with Gasteiger partial charge in [-0.25, -0.2) is 4.98 Å². The van der Waals surface area contributed by atoms with Crippen molar-refractivity contribution in [1.82, 2.24) is 9.38 Å². The van der Waals surface area contributed by atoms with Crippen molar-refractivity contribution in [2.24, 2.45) is 5.41 Å². The number of halogens is 1. The summed E-state index contributed by atoms with van der Waals surface area (Å²) in [6.45, 7) is 7.59. The molecule has 6 heteroatoms. The van der Waals surface area contributed by atoms with E-state index >= 15 is 0 Å². The predicted molar refractivity (Wildman–Crippen MR) is 83.9 cm³/mol. The van der Waals surface area contributed by atoms with Crippen molar-refractivity contribution in [3.8, 4) is 0 Å². The molecule has 21 heavy (non-hydrogen) atoms. The Balaban J connectivity index is 2.45. The fraction of sp³-hybridized carbons (Fsp3) is 0.400. The van der Waals surface area contributed by atoms with Crippen LogP contribution in [0.2, 0.25) is 5.02 Å². The highest BCUT2D eigenvalue weighted by Gasteiger charge is 2.18. The number of fused-ring (bicyclic) bond motifs is 1. The first-order valence-electron chi connectivity index (χ1n) is 6.66. The van der Waals surface area contributed by atoms with Crippen LogP contribution in [-0.4, -0.2) is 15.3 Å². The van der Waals surface area contributed by atoms with Crippen molar-refractivity contribution in [3.63, 3.8) is 0 Å². The van der Waals surface area contributed by atoms with Gasteiger partial charge in [0.25, 0.3) is 5.56 Å². The average Bonchev–Trinajstić information content (AvgIpc) is 2.33. The van der Waals surface area contributed by atoms with E-state index in [1.807, 2.05) is 20.8 Å². The van der Waals surface area contributed by atoms with Gasteiger partial charge in [0.2, 0.25) is 5.91 Å². The number of aromatic nitrogens is 2. The van der Waals surface area contributed by atoms with E-state index < -0.39 is 0 Å². The Labute approximate surface area is 128 Å². The van der Waals surface area contributed by atoms with Gasteiger partial charge in [-0.3, -0.25) is 14.0 Å². The van der Waals surface area contributed by atoms with Crippen LogP contribution in [0.5, 0.6) is 0 Å². The molecular formula is C15H18ClN3O2. The van der Waals surface area contributed by atoms with E-state index in [9.17, 15) is 9.59 Å². The Bertz CT molecular complexity index is 760. The molecule has 2 rings (SSSR count). The molecule has 0 aromatic carbocycles. The Morgan fingerprint density at radius 3 is 2.67 bits per heavy atom. The zero-order valence-corrected chi connectivity index (χ0v) is 13.3. The van der Waals surface area contributed by atoms with Gasteiger partial charge in [0.15, 0.2) is 0 Å². The highest BCUT2D eigenvalue weighted by molar-refractivity contribution is 6.30. The van der Waals surface area contributed by atoms with Gasteiger partial charge in [-0.2, -0.15) is 0 Å². The number of amides is 1. The number of pyridine rings is 1. The molecule has 0 unspecified atom stereocenters. The van der Waals surface area contributed by atoms with Crippen LogP contribution in [0.25, 0.3) is 5.65 Å². The highest BCUT2D eigenvalue weighted by atomic mass is 35.5. The average molecular weight is 308 g/mol. The molecular weight excluding hydrogens is 290 g/mol. The lowest BCUT2D eigenvalue weighted by atomic mass is 9.92. The van der Waals surface area contributed by atoms with Crippen molar-refractivity contribution in [2.75, 3.05) is 5.32 Å². The molecule has 0 saturated heterocycles. The lowest BCUT2D eigenvalue weighted by molar-refractivity contribution is -0.117. The normalized spacial score (nSPS) is 11.7. The van der Waals surface area contributed by atoms with Crippen molar-refractivity contribution in [3.05, 3.63) is 39.4 Å². The minimum Gasteiger partial charge on any atom is -0.320 e. The Morgan fingerprint density at radius 2 is 2.05 bits per heavy atom. The van der Waals surface area contributed by atoms with Crippen LogP contribution >= 0.6 is 11.6 Å². The summed E-state index contributed by atoms with van der Waals surface area (Å²) >= 11 is 5.90. The number of nitrogens with zero attached hydrogens (tertiary/aromatic N) is 2. The quantitative estimate of drug-likeness (QED) is 0.927. The van der Waals surface area contributed by atoms with E-state index in [0.717, 1.165) is 0 Å². The van der Waals surface area contributed by atoms with Gasteiger partial charge >= 0.3 is 0 Å². The summed E-state index contributed by atoms with van der Waals surface area (Å²) in [5.41, 5.74) is 0.702. The third kappa shape index (κ3) is 3.61. The number of carbonyl (C=O) groups excluding carboxylic acids is 1. The molecule has 0 bridgehead atoms. The Hall–Kier alpha value is -1.88. The lowest BCUT2D eigenvalue weighted by Gasteiger charge is -2.17. The summed E-state index contributed by atoms with van der Waals surface area (Å²) in [6.07, 6.45) is 1.81. The molecule has 0 aliphatic rings. The second-order valence-electron chi connectivity index (χ2n) is 6.24. The molecule has 0 spiro atoms. The fourth-order valence-electron chi connectivity index (χ4n) is 2.03. The first-order chi connectivity index (χ1) is 9.67. The first kappa shape index (κ1) is 15.5. The number of aryl methyl sites for hydroxylation is 1. The van der Waals surface area contributed by atoms with Crippen LogP contribution in [0.4, 0.5) is 5.69 Å². The summed E-state index contributed by atoms with van der Waals surface area (Å²) in [5.74, 6) is -0.202. The summed E-state index contributed by atoms with van der Waals surface area (Å²) in [4.78, 5) is 28.8. The van der Waals surface area contributed by atoms with Gasteiger partial charge in [-0.15, -0.1) is 0 Å². The fourth-order valence-corrected chi connectivity index (χ4v) is 2.19. The van der Waals surface area contributed by atoms with E-state index in [4.69, 9.17) is 11.6 Å². The summed E-state index contributed by atoms with van der Waals surface area (Å²) in [5, 5.41) is 3.10. The number of hydrogen-bond donors (Lipinski definition) is 1. The van der Waals surface area contributed by atoms with Gasteiger partial charge in [0, 0.05) is 12.6 Å². The molecule has 0 radical (unpaired) electrons. The molecule has 5 nitrogen and oxygen atoms in total. The Morgan fingerprint density at radius 1 is 1.38 bits per heavy atom. The van der Waals surface area contributed by atoms with Crippen molar-refractivity contribution >= 4 is 28.8 Å². The molecule has 0 aliphatic carbocycles. The standard InChI is InChI=1S/C15H18ClN3O2/c1-9-13(18-12(20)7-15(2,3)4)14(21)19-8-10(16)5-6-11(19)17-9/h5-6,8H,7H2,1-4H3,(H,18,20). The van der Waals surface area contributed by atoms with E-state index in [2.05, 4.69) is 10.3 Å². The van der Waals surface area contributed by atoms with Gasteiger partial charge in [-0.1, -0.05) is 32.4 Å². The minimum atomic E-state index is -0.331. The minimum absolute atomic E-state index is 0.151. The molecule has 2 heterocycles. The molecule has 0 fully saturated rings. The van der Waals surface area contributed by atoms with Gasteiger partial charge in [0.05, 0.1) is 10.7 Å². The lowest BCUT2D eigenvalue weighted by Crippen LogP contribution is -2.27. The van der Waals surface area contributed by atoms with E-state index in [1.54, 1.807) is 19.1 Å². The second-order valence-corrected chi connectivity index (χ2v) is 6.67. The number of anilines is 1. The van der Waals surface area contributed by atoms with Crippen molar-refractivity contribution < 1.29 is 4.79 Å². The third-order valence-corrected chi connectivity index (χ3v) is 3.15. The molecule has 0 aliphatic heterocycles. The monoisotopic (exact) mass is 307 g/mol. The first-order valence-corrected chi connectivity index (χ1v) is 7.03. The van der Waals surface area contributed by atoms with Crippen LogP contribution in [0.15, 0.2) is 23.1 Å². The van der Waals surface area contributed by atoms with Crippen LogP contribution in [-0.2, 0) is 4.79 Å². The van der Waals surface area contributed by atoms with E-state index in [0.29, 0.717) is 22.8 Å². The van der Waals surface area contributed by atoms with Crippen molar-refractivity contribution in [1.29, 1.82) is 0 Å².